The van der Waals surface area contributed by atoms with E-state index < -0.39 is 0 Å². The molecule has 0 fully saturated rings. The van der Waals surface area contributed by atoms with E-state index in [4.69, 9.17) is 9.47 Å². The van der Waals surface area contributed by atoms with E-state index in [0.717, 1.165) is 51.4 Å². The van der Waals surface area contributed by atoms with E-state index in [1.807, 2.05) is 0 Å². The second-order valence-corrected chi connectivity index (χ2v) is 6.14. The molecule has 0 amide bonds. The van der Waals surface area contributed by atoms with Crippen LogP contribution in [-0.2, 0) is 19.1 Å². The van der Waals surface area contributed by atoms with Crippen molar-refractivity contribution in [3.63, 3.8) is 0 Å². The van der Waals surface area contributed by atoms with Gasteiger partial charge < -0.3 is 15.6 Å². The van der Waals surface area contributed by atoms with Gasteiger partial charge in [-0.15, -0.1) is 0 Å². The zero-order chi connectivity index (χ0) is 18.2. The van der Waals surface area contributed by atoms with Gasteiger partial charge in [-0.05, 0) is 38.5 Å². The van der Waals surface area contributed by atoms with Crippen molar-refractivity contribution in [3.05, 3.63) is 11.1 Å². The van der Waals surface area contributed by atoms with Crippen LogP contribution in [0.1, 0.15) is 91.9 Å². The molecule has 25 heavy (non-hydrogen) atoms. The summed E-state index contributed by atoms with van der Waals surface area (Å²) < 4.78 is 10.7. The molecule has 0 aliphatic heterocycles. The molecule has 0 unspecified atom stereocenters. The molecule has 0 radical (unpaired) electrons. The van der Waals surface area contributed by atoms with Crippen molar-refractivity contribution in [2.45, 2.75) is 91.9 Å². The van der Waals surface area contributed by atoms with Gasteiger partial charge in [0.15, 0.2) is 0 Å². The van der Waals surface area contributed by atoms with Gasteiger partial charge in [0.2, 0.25) is 0 Å². The highest BCUT2D eigenvalue weighted by atomic mass is 16.5. The summed E-state index contributed by atoms with van der Waals surface area (Å²) in [6, 6.07) is 0. The number of carbonyl (C=O) groups is 2. The number of carbonyl (C=O) groups excluding carboxylic acids is 2. The topological polar surface area (TPSA) is 87.6 Å². The van der Waals surface area contributed by atoms with E-state index in [0.29, 0.717) is 37.2 Å². The van der Waals surface area contributed by atoms with E-state index in [9.17, 15) is 9.59 Å². The Morgan fingerprint density at radius 2 is 0.920 bits per heavy atom. The molecule has 0 aliphatic rings. The lowest BCUT2D eigenvalue weighted by atomic mass is 9.98. The Hall–Kier alpha value is -1.36. The highest BCUT2D eigenvalue weighted by Crippen LogP contribution is 2.21. The fourth-order valence-corrected chi connectivity index (χ4v) is 2.25. The summed E-state index contributed by atoms with van der Waals surface area (Å²) in [6.07, 6.45) is 8.50. The fourth-order valence-electron chi connectivity index (χ4n) is 2.25. The Morgan fingerprint density at radius 1 is 0.600 bits per heavy atom. The lowest BCUT2D eigenvalue weighted by molar-refractivity contribution is -0.142. The monoisotopic (exact) mass is 357 g/mol. The smallest absolute Gasteiger partial charge is 0.334 e. The Labute approximate surface area is 154 Å². The molecule has 0 aromatic rings. The molecule has 0 saturated carbocycles. The number of unbranched alkanes of at least 4 members (excludes halogenated alkanes) is 4. The maximum atomic E-state index is 12.5. The van der Waals surface area contributed by atoms with Crippen LogP contribution in [0.15, 0.2) is 11.1 Å². The zero-order valence-corrected chi connectivity index (χ0v) is 16.8. The molecular weight excluding hydrogens is 318 g/mol. The fraction of sp³-hybridized carbons (Fsp3) is 0.800. The lowest BCUT2D eigenvalue weighted by Crippen LogP contribution is -2.18. The van der Waals surface area contributed by atoms with Crippen molar-refractivity contribution >= 4 is 11.9 Å². The van der Waals surface area contributed by atoms with E-state index >= 15 is 0 Å². The summed E-state index contributed by atoms with van der Waals surface area (Å²) in [4.78, 5) is 25.0. The molecule has 0 bridgehead atoms. The largest absolute Gasteiger partial charge is 0.462 e. The molecule has 5 nitrogen and oxygen atoms in total. The minimum Gasteiger partial charge on any atom is -0.462 e. The standard InChI is InChI=1S/C20H36O4.H3N/c1-5-9-13-17(19(21)23-15-11-7-3)18(14-10-6-2)20(22)24-16-12-8-4;/h5-16H2,1-4H3;1H3/b18-17-;. The first-order valence-corrected chi connectivity index (χ1v) is 9.68. The van der Waals surface area contributed by atoms with Crippen LogP contribution in [0.3, 0.4) is 0 Å². The van der Waals surface area contributed by atoms with Crippen LogP contribution in [0, 0.1) is 0 Å². The SMILES string of the molecule is CCCCOC(=O)/C(CCCC)=C(/CCCC)C(=O)OCCCC.N. The molecule has 5 heteroatoms. The van der Waals surface area contributed by atoms with Crippen LogP contribution in [0.4, 0.5) is 0 Å². The first kappa shape index (κ1) is 25.9. The average Bonchev–Trinajstić information content (AvgIpc) is 2.58. The van der Waals surface area contributed by atoms with Gasteiger partial charge in [0.25, 0.3) is 0 Å². The highest BCUT2D eigenvalue weighted by Gasteiger charge is 2.22. The third-order valence-electron chi connectivity index (χ3n) is 3.88. The molecule has 0 aliphatic carbocycles. The van der Waals surface area contributed by atoms with E-state index in [1.54, 1.807) is 0 Å². The second-order valence-electron chi connectivity index (χ2n) is 6.14. The van der Waals surface area contributed by atoms with Crippen molar-refractivity contribution in [2.75, 3.05) is 13.2 Å². The number of rotatable bonds is 14. The van der Waals surface area contributed by atoms with Gasteiger partial charge in [0.05, 0.1) is 13.2 Å². The molecule has 0 heterocycles. The predicted octanol–water partition coefficient (Wildman–Crippen LogP) is 5.51. The van der Waals surface area contributed by atoms with Crippen LogP contribution in [0.2, 0.25) is 0 Å². The van der Waals surface area contributed by atoms with Gasteiger partial charge in [-0.2, -0.15) is 0 Å². The summed E-state index contributed by atoms with van der Waals surface area (Å²) in [5.41, 5.74) is 1.06. The van der Waals surface area contributed by atoms with Gasteiger partial charge in [-0.1, -0.05) is 53.4 Å². The maximum absolute atomic E-state index is 12.5. The molecular formula is C20H39NO4. The molecule has 0 spiro atoms. The average molecular weight is 358 g/mol. The van der Waals surface area contributed by atoms with Crippen molar-refractivity contribution in [3.8, 4) is 0 Å². The van der Waals surface area contributed by atoms with Gasteiger partial charge in [-0.25, -0.2) is 9.59 Å². The van der Waals surface area contributed by atoms with Crippen LogP contribution >= 0.6 is 0 Å². The first-order chi connectivity index (χ1) is 11.6. The second kappa shape index (κ2) is 17.5. The summed E-state index contributed by atoms with van der Waals surface area (Å²) >= 11 is 0. The lowest BCUT2D eigenvalue weighted by Gasteiger charge is -2.14. The Kier molecular flexibility index (Phi) is 18.1. The Balaban J connectivity index is 0. The molecule has 148 valence electrons. The highest BCUT2D eigenvalue weighted by molar-refractivity contribution is 6.00. The third kappa shape index (κ3) is 11.8. The van der Waals surface area contributed by atoms with Crippen LogP contribution in [0.5, 0.6) is 0 Å². The van der Waals surface area contributed by atoms with E-state index in [1.165, 1.54) is 0 Å². The predicted molar refractivity (Wildman–Crippen MR) is 103 cm³/mol. The van der Waals surface area contributed by atoms with Crippen molar-refractivity contribution < 1.29 is 19.1 Å². The minimum absolute atomic E-state index is 0. The Bertz CT molecular complexity index is 355. The summed E-state index contributed by atoms with van der Waals surface area (Å²) in [6.45, 7) is 9.09. The van der Waals surface area contributed by atoms with Crippen LogP contribution in [0.25, 0.3) is 0 Å². The number of esters is 2. The third-order valence-corrected chi connectivity index (χ3v) is 3.88. The molecule has 0 saturated heterocycles. The van der Waals surface area contributed by atoms with Gasteiger partial charge in [0, 0.05) is 11.1 Å². The van der Waals surface area contributed by atoms with Gasteiger partial charge in [-0.3, -0.25) is 0 Å². The van der Waals surface area contributed by atoms with Crippen molar-refractivity contribution in [2.24, 2.45) is 0 Å². The van der Waals surface area contributed by atoms with Crippen molar-refractivity contribution in [1.29, 1.82) is 0 Å². The molecule has 0 aromatic carbocycles. The van der Waals surface area contributed by atoms with E-state index in [-0.39, 0.29) is 18.1 Å². The number of ether oxygens (including phenoxy) is 2. The van der Waals surface area contributed by atoms with Crippen LogP contribution in [-0.4, -0.2) is 25.2 Å². The van der Waals surface area contributed by atoms with E-state index in [2.05, 4.69) is 27.7 Å². The molecule has 0 aromatic heterocycles. The number of hydrogen-bond donors (Lipinski definition) is 1. The number of hydrogen-bond acceptors (Lipinski definition) is 5. The van der Waals surface area contributed by atoms with Crippen LogP contribution < -0.4 is 6.15 Å². The summed E-state index contributed by atoms with van der Waals surface area (Å²) in [5, 5.41) is 0. The minimum atomic E-state index is -0.338. The Morgan fingerprint density at radius 3 is 1.20 bits per heavy atom. The molecule has 0 atom stereocenters. The molecule has 0 rings (SSSR count). The van der Waals surface area contributed by atoms with Gasteiger partial charge >= 0.3 is 11.9 Å². The normalized spacial score (nSPS) is 11.4. The zero-order valence-electron chi connectivity index (χ0n) is 16.8. The van der Waals surface area contributed by atoms with Crippen molar-refractivity contribution in [1.82, 2.24) is 6.15 Å². The first-order valence-electron chi connectivity index (χ1n) is 9.68. The maximum Gasteiger partial charge on any atom is 0.334 e. The quantitative estimate of drug-likeness (QED) is 0.251. The summed E-state index contributed by atoms with van der Waals surface area (Å²) in [5.74, 6) is -0.675. The molecule has 3 N–H and O–H groups in total. The summed E-state index contributed by atoms with van der Waals surface area (Å²) in [7, 11) is 0. The van der Waals surface area contributed by atoms with Gasteiger partial charge in [0.1, 0.15) is 0 Å².